The van der Waals surface area contributed by atoms with Crippen molar-refractivity contribution in [3.05, 3.63) is 58.3 Å². The molecule has 8 nitrogen and oxygen atoms in total. The van der Waals surface area contributed by atoms with Crippen LogP contribution in [-0.2, 0) is 7.05 Å². The monoisotopic (exact) mass is 395 g/mol. The lowest BCUT2D eigenvalue weighted by molar-refractivity contribution is 0.102. The molecule has 0 spiro atoms. The molecule has 0 unspecified atom stereocenters. The van der Waals surface area contributed by atoms with Crippen LogP contribution in [0.4, 0.5) is 5.69 Å². The molecule has 28 heavy (non-hydrogen) atoms. The van der Waals surface area contributed by atoms with Gasteiger partial charge in [-0.05, 0) is 45.0 Å². The Bertz CT molecular complexity index is 1220. The van der Waals surface area contributed by atoms with Gasteiger partial charge in [0.15, 0.2) is 11.5 Å². The lowest BCUT2D eigenvalue weighted by Gasteiger charge is -2.09. The Morgan fingerprint density at radius 3 is 2.64 bits per heavy atom. The van der Waals surface area contributed by atoms with Crippen molar-refractivity contribution in [3.63, 3.8) is 0 Å². The molecule has 0 fully saturated rings. The van der Waals surface area contributed by atoms with Gasteiger partial charge in [-0.15, -0.1) is 0 Å². The summed E-state index contributed by atoms with van der Waals surface area (Å²) < 4.78 is 3.38. The number of amides is 1. The summed E-state index contributed by atoms with van der Waals surface area (Å²) in [7, 11) is 1.83. The fourth-order valence-corrected chi connectivity index (χ4v) is 3.33. The van der Waals surface area contributed by atoms with Gasteiger partial charge >= 0.3 is 0 Å². The van der Waals surface area contributed by atoms with E-state index in [-0.39, 0.29) is 10.7 Å². The molecule has 142 valence electrons. The number of rotatable bonds is 3. The number of fused-ring (bicyclic) bond motifs is 1. The first kappa shape index (κ1) is 18.1. The van der Waals surface area contributed by atoms with E-state index in [0.717, 1.165) is 28.1 Å². The normalized spacial score (nSPS) is 11.2. The maximum absolute atomic E-state index is 12.8. The second kappa shape index (κ2) is 6.72. The Hall–Kier alpha value is -3.26. The smallest absolute Gasteiger partial charge is 0.275 e. The van der Waals surface area contributed by atoms with Crippen LogP contribution < -0.4 is 5.32 Å². The second-order valence-corrected chi connectivity index (χ2v) is 7.00. The van der Waals surface area contributed by atoms with Crippen LogP contribution >= 0.6 is 11.6 Å². The zero-order valence-electron chi connectivity index (χ0n) is 15.9. The molecule has 1 amide bonds. The number of aryl methyl sites for hydroxylation is 4. The average Bonchev–Trinajstić information content (AvgIpc) is 3.13. The van der Waals surface area contributed by atoms with E-state index in [0.29, 0.717) is 11.5 Å². The van der Waals surface area contributed by atoms with Gasteiger partial charge in [-0.2, -0.15) is 10.2 Å². The third-order valence-corrected chi connectivity index (χ3v) is 4.70. The van der Waals surface area contributed by atoms with Crippen molar-refractivity contribution in [1.82, 2.24) is 29.5 Å². The highest BCUT2D eigenvalue weighted by molar-refractivity contribution is 6.34. The number of aromatic nitrogens is 6. The van der Waals surface area contributed by atoms with Crippen LogP contribution in [0.25, 0.3) is 16.9 Å². The summed E-state index contributed by atoms with van der Waals surface area (Å²) >= 11 is 6.23. The van der Waals surface area contributed by atoms with Crippen molar-refractivity contribution >= 4 is 34.2 Å². The van der Waals surface area contributed by atoms with Gasteiger partial charge in [-0.1, -0.05) is 11.6 Å². The van der Waals surface area contributed by atoms with Gasteiger partial charge in [0.05, 0.1) is 28.3 Å². The van der Waals surface area contributed by atoms with Gasteiger partial charge in [-0.3, -0.25) is 9.48 Å². The SMILES string of the molecule is Cc1cc(C)n(-c2ccc(Cl)c(C(=O)Nc3cnc4c(c3)c(C)nn4C)n2)n1. The summed E-state index contributed by atoms with van der Waals surface area (Å²) in [6.07, 6.45) is 1.58. The molecule has 4 rings (SSSR count). The Morgan fingerprint density at radius 2 is 1.93 bits per heavy atom. The van der Waals surface area contributed by atoms with Crippen LogP contribution in [0.2, 0.25) is 5.02 Å². The minimum absolute atomic E-state index is 0.120. The zero-order valence-corrected chi connectivity index (χ0v) is 16.6. The van der Waals surface area contributed by atoms with Crippen molar-refractivity contribution in [2.75, 3.05) is 5.32 Å². The van der Waals surface area contributed by atoms with Crippen LogP contribution in [0.15, 0.2) is 30.5 Å². The lowest BCUT2D eigenvalue weighted by Crippen LogP contribution is -2.16. The number of anilines is 1. The Labute approximate surface area is 166 Å². The Kier molecular flexibility index (Phi) is 4.35. The van der Waals surface area contributed by atoms with E-state index >= 15 is 0 Å². The second-order valence-electron chi connectivity index (χ2n) is 6.60. The molecule has 0 radical (unpaired) electrons. The van der Waals surface area contributed by atoms with E-state index in [2.05, 4.69) is 25.5 Å². The van der Waals surface area contributed by atoms with Crippen LogP contribution in [0.5, 0.6) is 0 Å². The van der Waals surface area contributed by atoms with Crippen molar-refractivity contribution in [2.24, 2.45) is 7.05 Å². The quantitative estimate of drug-likeness (QED) is 0.574. The van der Waals surface area contributed by atoms with E-state index < -0.39 is 5.91 Å². The molecule has 0 bridgehead atoms. The summed E-state index contributed by atoms with van der Waals surface area (Å²) in [6.45, 7) is 5.72. The first-order valence-electron chi connectivity index (χ1n) is 8.64. The number of carbonyl (C=O) groups excluding carboxylic acids is 1. The van der Waals surface area contributed by atoms with Gasteiger partial charge in [-0.25, -0.2) is 14.6 Å². The van der Waals surface area contributed by atoms with E-state index in [1.807, 2.05) is 40.0 Å². The molecule has 9 heteroatoms. The fraction of sp³-hybridized carbons (Fsp3) is 0.211. The molecule has 4 heterocycles. The van der Waals surface area contributed by atoms with Crippen LogP contribution in [0, 0.1) is 20.8 Å². The first-order valence-corrected chi connectivity index (χ1v) is 9.02. The Balaban J connectivity index is 1.67. The molecular weight excluding hydrogens is 378 g/mol. The maximum Gasteiger partial charge on any atom is 0.275 e. The third-order valence-electron chi connectivity index (χ3n) is 4.39. The first-order chi connectivity index (χ1) is 13.3. The van der Waals surface area contributed by atoms with Gasteiger partial charge in [0.2, 0.25) is 0 Å². The predicted molar refractivity (Wildman–Crippen MR) is 107 cm³/mol. The summed E-state index contributed by atoms with van der Waals surface area (Å²) in [5.74, 6) is 0.105. The molecule has 1 N–H and O–H groups in total. The molecule has 0 aliphatic rings. The van der Waals surface area contributed by atoms with Crippen LogP contribution in [-0.4, -0.2) is 35.4 Å². The van der Waals surface area contributed by atoms with Crippen molar-refractivity contribution in [2.45, 2.75) is 20.8 Å². The highest BCUT2D eigenvalue weighted by atomic mass is 35.5. The third kappa shape index (κ3) is 3.11. The molecular formula is C19H18ClN7O. The summed E-state index contributed by atoms with van der Waals surface area (Å²) in [5.41, 5.74) is 4.03. The summed E-state index contributed by atoms with van der Waals surface area (Å²) in [6, 6.07) is 7.14. The standard InChI is InChI=1S/C19H18ClN7O/c1-10-7-11(2)27(24-10)16-6-5-15(20)17(23-16)19(28)22-13-8-14-12(3)25-26(4)18(14)21-9-13/h5-9H,1-4H3,(H,22,28). The predicted octanol–water partition coefficient (Wildman–Crippen LogP) is 3.38. The molecule has 4 aromatic rings. The zero-order chi connectivity index (χ0) is 20.0. The minimum Gasteiger partial charge on any atom is -0.319 e. The Morgan fingerprint density at radius 1 is 1.14 bits per heavy atom. The number of hydrogen-bond donors (Lipinski definition) is 1. The van der Waals surface area contributed by atoms with Gasteiger partial charge in [0.1, 0.15) is 5.69 Å². The number of hydrogen-bond acceptors (Lipinski definition) is 5. The minimum atomic E-state index is -0.420. The number of nitrogens with one attached hydrogen (secondary N) is 1. The molecule has 0 saturated carbocycles. The van der Waals surface area contributed by atoms with Crippen molar-refractivity contribution in [1.29, 1.82) is 0 Å². The maximum atomic E-state index is 12.8. The number of nitrogens with zero attached hydrogens (tertiary/aromatic N) is 6. The van der Waals surface area contributed by atoms with E-state index in [1.165, 1.54) is 0 Å². The molecule has 0 aliphatic heterocycles. The van der Waals surface area contributed by atoms with Crippen molar-refractivity contribution in [3.8, 4) is 5.82 Å². The summed E-state index contributed by atoms with van der Waals surface area (Å²) in [4.78, 5) is 21.6. The summed E-state index contributed by atoms with van der Waals surface area (Å²) in [5, 5.41) is 12.7. The highest BCUT2D eigenvalue weighted by Gasteiger charge is 2.16. The van der Waals surface area contributed by atoms with Gasteiger partial charge < -0.3 is 5.32 Å². The fourth-order valence-electron chi connectivity index (χ4n) is 3.14. The molecule has 4 aromatic heterocycles. The topological polar surface area (TPSA) is 90.5 Å². The van der Waals surface area contributed by atoms with Crippen molar-refractivity contribution < 1.29 is 4.79 Å². The van der Waals surface area contributed by atoms with Crippen LogP contribution in [0.3, 0.4) is 0 Å². The number of halogens is 1. The molecule has 0 aliphatic carbocycles. The van der Waals surface area contributed by atoms with E-state index in [9.17, 15) is 4.79 Å². The molecule has 0 aromatic carbocycles. The van der Waals surface area contributed by atoms with Crippen LogP contribution in [0.1, 0.15) is 27.6 Å². The lowest BCUT2D eigenvalue weighted by atomic mass is 10.2. The average molecular weight is 396 g/mol. The van der Waals surface area contributed by atoms with Gasteiger partial charge in [0.25, 0.3) is 5.91 Å². The molecule has 0 atom stereocenters. The van der Waals surface area contributed by atoms with E-state index in [1.54, 1.807) is 27.7 Å². The highest BCUT2D eigenvalue weighted by Crippen LogP contribution is 2.22. The molecule has 0 saturated heterocycles. The number of carbonyl (C=O) groups is 1. The van der Waals surface area contributed by atoms with E-state index in [4.69, 9.17) is 11.6 Å². The number of pyridine rings is 2. The van der Waals surface area contributed by atoms with Gasteiger partial charge in [0, 0.05) is 18.1 Å². The largest absolute Gasteiger partial charge is 0.319 e.